The molecule has 1 unspecified atom stereocenters. The lowest BCUT2D eigenvalue weighted by atomic mass is 9.83. The molecule has 4 rings (SSSR count). The van der Waals surface area contributed by atoms with Gasteiger partial charge in [-0.05, 0) is 47.2 Å². The monoisotopic (exact) mass is 374 g/mol. The molecule has 1 saturated carbocycles. The summed E-state index contributed by atoms with van der Waals surface area (Å²) in [6.07, 6.45) is 6.71. The van der Waals surface area contributed by atoms with Crippen LogP contribution in [0.3, 0.4) is 0 Å². The van der Waals surface area contributed by atoms with Crippen molar-refractivity contribution in [2.75, 3.05) is 10.8 Å². The van der Waals surface area contributed by atoms with Crippen molar-refractivity contribution < 1.29 is 18.3 Å². The molecule has 2 N–H and O–H groups in total. The van der Waals surface area contributed by atoms with Crippen LogP contribution < -0.4 is 9.03 Å². The highest BCUT2D eigenvalue weighted by atomic mass is 32.2. The number of carbonyl (C=O) groups excluding carboxylic acids is 1. The Morgan fingerprint density at radius 2 is 1.85 bits per heavy atom. The predicted molar refractivity (Wildman–Crippen MR) is 101 cm³/mol. The lowest BCUT2D eigenvalue weighted by Gasteiger charge is -2.23. The third-order valence-electron chi connectivity index (χ3n) is 5.42. The molecule has 0 aromatic heterocycles. The number of hydrogen-bond donors (Lipinski definition) is 2. The van der Waals surface area contributed by atoms with Crippen molar-refractivity contribution in [2.45, 2.75) is 44.1 Å². The molecule has 1 aliphatic heterocycles. The van der Waals surface area contributed by atoms with E-state index >= 15 is 0 Å². The molecule has 26 heavy (non-hydrogen) atoms. The first-order chi connectivity index (χ1) is 12.5. The maximum Gasteiger partial charge on any atom is 0.302 e. The smallest absolute Gasteiger partial charge is 0.302 e. The summed E-state index contributed by atoms with van der Waals surface area (Å²) in [4.78, 5) is 11.0. The van der Waals surface area contributed by atoms with Crippen LogP contribution in [0, 0.1) is 0 Å². The topological polar surface area (TPSA) is 86.7 Å². The summed E-state index contributed by atoms with van der Waals surface area (Å²) in [7, 11) is -3.83. The molecule has 2 aliphatic rings. The van der Waals surface area contributed by atoms with E-state index in [1.807, 2.05) is 6.07 Å². The standard InChI is InChI=1S/C19H22N2O4S/c22-12-17-11-21(26(24,25)20-17)18-9-16-8-14(13-4-2-1-3-5-13)6-7-15(16)10-19(18)23/h6-10,12-13,17,20,23H,1-5,11H2. The third kappa shape index (κ3) is 3.05. The lowest BCUT2D eigenvalue weighted by Crippen LogP contribution is -2.30. The van der Waals surface area contributed by atoms with E-state index in [4.69, 9.17) is 0 Å². The van der Waals surface area contributed by atoms with E-state index in [1.165, 1.54) is 37.7 Å². The maximum absolute atomic E-state index is 12.3. The summed E-state index contributed by atoms with van der Waals surface area (Å²) in [5.74, 6) is 0.432. The van der Waals surface area contributed by atoms with E-state index in [0.29, 0.717) is 12.2 Å². The Labute approximate surface area is 153 Å². The molecule has 0 amide bonds. The summed E-state index contributed by atoms with van der Waals surface area (Å²) in [5, 5.41) is 12.1. The number of nitrogens with zero attached hydrogens (tertiary/aromatic N) is 1. The van der Waals surface area contributed by atoms with Crippen LogP contribution in [0.15, 0.2) is 30.3 Å². The van der Waals surface area contributed by atoms with Gasteiger partial charge in [0.2, 0.25) is 0 Å². The minimum Gasteiger partial charge on any atom is -0.506 e. The molecular weight excluding hydrogens is 352 g/mol. The fraction of sp³-hybridized carbons (Fsp3) is 0.421. The maximum atomic E-state index is 12.3. The Morgan fingerprint density at radius 1 is 1.08 bits per heavy atom. The van der Waals surface area contributed by atoms with E-state index in [9.17, 15) is 18.3 Å². The SMILES string of the molecule is O=CC1CN(c2cc3cc(C4CCCCC4)ccc3cc2O)S(=O)(=O)N1. The van der Waals surface area contributed by atoms with Gasteiger partial charge in [-0.2, -0.15) is 13.1 Å². The zero-order valence-electron chi connectivity index (χ0n) is 14.4. The number of hydrogen-bond acceptors (Lipinski definition) is 4. The minimum atomic E-state index is -3.83. The summed E-state index contributed by atoms with van der Waals surface area (Å²) in [6, 6.07) is 8.66. The first kappa shape index (κ1) is 17.3. The van der Waals surface area contributed by atoms with Crippen LogP contribution in [-0.4, -0.2) is 32.4 Å². The number of nitrogens with one attached hydrogen (secondary N) is 1. The molecule has 0 radical (unpaired) electrons. The average Bonchev–Trinajstić information content (AvgIpc) is 2.96. The fourth-order valence-corrected chi connectivity index (χ4v) is 5.45. The van der Waals surface area contributed by atoms with Crippen molar-refractivity contribution in [3.05, 3.63) is 35.9 Å². The van der Waals surface area contributed by atoms with Gasteiger partial charge in [-0.3, -0.25) is 4.31 Å². The van der Waals surface area contributed by atoms with Gasteiger partial charge in [-0.1, -0.05) is 37.5 Å². The van der Waals surface area contributed by atoms with Crippen LogP contribution in [0.2, 0.25) is 0 Å². The molecule has 7 heteroatoms. The highest BCUT2D eigenvalue weighted by Crippen LogP contribution is 2.38. The average molecular weight is 374 g/mol. The molecular formula is C19H22N2O4S. The number of rotatable bonds is 3. The van der Waals surface area contributed by atoms with E-state index < -0.39 is 16.3 Å². The predicted octanol–water partition coefficient (Wildman–Crippen LogP) is 2.82. The molecule has 1 heterocycles. The number of carbonyl (C=O) groups is 1. The number of fused-ring (bicyclic) bond motifs is 1. The van der Waals surface area contributed by atoms with Gasteiger partial charge in [-0.25, -0.2) is 0 Å². The first-order valence-electron chi connectivity index (χ1n) is 9.00. The largest absolute Gasteiger partial charge is 0.506 e. The summed E-state index contributed by atoms with van der Waals surface area (Å²) < 4.78 is 27.9. The van der Waals surface area contributed by atoms with E-state index in [-0.39, 0.29) is 18.0 Å². The molecule has 0 spiro atoms. The van der Waals surface area contributed by atoms with E-state index in [1.54, 1.807) is 12.1 Å². The molecule has 2 aromatic rings. The minimum absolute atomic E-state index is 0.0206. The van der Waals surface area contributed by atoms with Gasteiger partial charge in [0.15, 0.2) is 0 Å². The normalized spacial score (nSPS) is 23.4. The molecule has 1 saturated heterocycles. The van der Waals surface area contributed by atoms with Crippen molar-refractivity contribution in [1.29, 1.82) is 0 Å². The summed E-state index contributed by atoms with van der Waals surface area (Å²) in [5.41, 5.74) is 1.47. The van der Waals surface area contributed by atoms with Gasteiger partial charge in [0.05, 0.1) is 18.3 Å². The second-order valence-electron chi connectivity index (χ2n) is 7.18. The molecule has 6 nitrogen and oxygen atoms in total. The Balaban J connectivity index is 1.75. The van der Waals surface area contributed by atoms with Crippen LogP contribution in [0.25, 0.3) is 10.8 Å². The van der Waals surface area contributed by atoms with Gasteiger partial charge in [0, 0.05) is 0 Å². The van der Waals surface area contributed by atoms with Crippen molar-refractivity contribution in [1.82, 2.24) is 4.72 Å². The van der Waals surface area contributed by atoms with E-state index in [2.05, 4.69) is 16.9 Å². The molecule has 138 valence electrons. The molecule has 1 atom stereocenters. The van der Waals surface area contributed by atoms with Crippen molar-refractivity contribution >= 4 is 33.0 Å². The zero-order valence-corrected chi connectivity index (χ0v) is 15.2. The van der Waals surface area contributed by atoms with Gasteiger partial charge in [-0.15, -0.1) is 0 Å². The molecule has 1 aliphatic carbocycles. The fourth-order valence-electron chi connectivity index (χ4n) is 4.05. The van der Waals surface area contributed by atoms with Gasteiger partial charge in [0.25, 0.3) is 0 Å². The number of phenols is 1. The number of aldehydes is 1. The van der Waals surface area contributed by atoms with Crippen LogP contribution in [0.1, 0.15) is 43.6 Å². The molecule has 2 aromatic carbocycles. The number of phenolic OH excluding ortho intramolecular Hbond substituents is 1. The number of aromatic hydroxyl groups is 1. The van der Waals surface area contributed by atoms with E-state index in [0.717, 1.165) is 15.1 Å². The molecule has 2 fully saturated rings. The van der Waals surface area contributed by atoms with Crippen molar-refractivity contribution in [3.8, 4) is 5.75 Å². The van der Waals surface area contributed by atoms with Crippen LogP contribution in [-0.2, 0) is 15.0 Å². The second-order valence-corrected chi connectivity index (χ2v) is 8.81. The summed E-state index contributed by atoms with van der Waals surface area (Å²) in [6.45, 7) is -0.0206. The highest BCUT2D eigenvalue weighted by Gasteiger charge is 2.36. The summed E-state index contributed by atoms with van der Waals surface area (Å²) >= 11 is 0. The van der Waals surface area contributed by atoms with Crippen LogP contribution in [0.4, 0.5) is 5.69 Å². The number of benzene rings is 2. The first-order valence-corrected chi connectivity index (χ1v) is 10.4. The number of anilines is 1. The Kier molecular flexibility index (Phi) is 4.36. The van der Waals surface area contributed by atoms with Crippen molar-refractivity contribution in [2.24, 2.45) is 0 Å². The Morgan fingerprint density at radius 3 is 2.54 bits per heavy atom. The van der Waals surface area contributed by atoms with Gasteiger partial charge < -0.3 is 9.90 Å². The zero-order chi connectivity index (χ0) is 18.3. The second kappa shape index (κ2) is 6.55. The van der Waals surface area contributed by atoms with Gasteiger partial charge in [0.1, 0.15) is 12.0 Å². The third-order valence-corrected chi connectivity index (χ3v) is 6.95. The lowest BCUT2D eigenvalue weighted by molar-refractivity contribution is -0.108. The van der Waals surface area contributed by atoms with Gasteiger partial charge >= 0.3 is 10.2 Å². The quantitative estimate of drug-likeness (QED) is 0.809. The van der Waals surface area contributed by atoms with Crippen LogP contribution >= 0.6 is 0 Å². The van der Waals surface area contributed by atoms with Crippen LogP contribution in [0.5, 0.6) is 5.75 Å². The Hall–Kier alpha value is -2.12. The Bertz CT molecular complexity index is 951. The highest BCUT2D eigenvalue weighted by molar-refractivity contribution is 7.91. The molecule has 0 bridgehead atoms. The van der Waals surface area contributed by atoms with Crippen molar-refractivity contribution in [3.63, 3.8) is 0 Å².